The predicted molar refractivity (Wildman–Crippen MR) is 118 cm³/mol. The largest absolute Gasteiger partial charge is 0.496 e. The van der Waals surface area contributed by atoms with Crippen molar-refractivity contribution in [2.45, 2.75) is 13.3 Å². The van der Waals surface area contributed by atoms with Crippen molar-refractivity contribution in [3.63, 3.8) is 0 Å². The second-order valence-electron chi connectivity index (χ2n) is 7.51. The van der Waals surface area contributed by atoms with Crippen molar-refractivity contribution in [3.05, 3.63) is 66.4 Å². The summed E-state index contributed by atoms with van der Waals surface area (Å²) in [6, 6.07) is 17.6. The van der Waals surface area contributed by atoms with Crippen molar-refractivity contribution < 1.29 is 9.53 Å². The van der Waals surface area contributed by atoms with Crippen LogP contribution in [0.5, 0.6) is 5.75 Å². The summed E-state index contributed by atoms with van der Waals surface area (Å²) in [5, 5.41) is 4.80. The van der Waals surface area contributed by atoms with Gasteiger partial charge < -0.3 is 9.64 Å². The Labute approximate surface area is 177 Å². The number of carbonyl (C=O) groups excluding carboxylic acids is 1. The van der Waals surface area contributed by atoms with Crippen LogP contribution in [0.4, 0.5) is 0 Å². The summed E-state index contributed by atoms with van der Waals surface area (Å²) in [7, 11) is 1.64. The lowest BCUT2D eigenvalue weighted by atomic mass is 10.1. The molecule has 1 amide bonds. The Hall–Kier alpha value is -3.12. The average molecular weight is 405 g/mol. The van der Waals surface area contributed by atoms with E-state index in [-0.39, 0.29) is 5.91 Å². The minimum atomic E-state index is 0.0224. The molecular formula is C24H28N4O2. The summed E-state index contributed by atoms with van der Waals surface area (Å²) in [5.74, 6) is 0.729. The molecule has 0 spiro atoms. The molecule has 6 heteroatoms. The van der Waals surface area contributed by atoms with E-state index < -0.39 is 0 Å². The number of hydrogen-bond acceptors (Lipinski definition) is 4. The number of methoxy groups -OCH3 is 1. The van der Waals surface area contributed by atoms with Crippen LogP contribution < -0.4 is 4.74 Å². The second kappa shape index (κ2) is 9.13. The van der Waals surface area contributed by atoms with Gasteiger partial charge in [-0.1, -0.05) is 37.3 Å². The van der Waals surface area contributed by atoms with E-state index in [1.165, 1.54) is 0 Å². The topological polar surface area (TPSA) is 50.6 Å². The van der Waals surface area contributed by atoms with Gasteiger partial charge in [0.2, 0.25) is 0 Å². The highest BCUT2D eigenvalue weighted by Gasteiger charge is 2.27. The fourth-order valence-electron chi connectivity index (χ4n) is 3.94. The highest BCUT2D eigenvalue weighted by Crippen LogP contribution is 2.32. The number of para-hydroxylation sites is 2. The zero-order valence-corrected chi connectivity index (χ0v) is 17.6. The Balaban J connectivity index is 1.71. The number of piperazine rings is 1. The van der Waals surface area contributed by atoms with Crippen LogP contribution in [-0.4, -0.2) is 65.3 Å². The zero-order valence-electron chi connectivity index (χ0n) is 17.6. The molecule has 1 aromatic heterocycles. The fourth-order valence-corrected chi connectivity index (χ4v) is 3.94. The molecule has 3 aromatic rings. The van der Waals surface area contributed by atoms with Gasteiger partial charge in [0.05, 0.1) is 18.4 Å². The van der Waals surface area contributed by atoms with Crippen LogP contribution in [0.3, 0.4) is 0 Å². The van der Waals surface area contributed by atoms with Crippen molar-refractivity contribution in [2.24, 2.45) is 0 Å². The molecule has 30 heavy (non-hydrogen) atoms. The van der Waals surface area contributed by atoms with Crippen LogP contribution in [0, 0.1) is 0 Å². The Morgan fingerprint density at radius 3 is 2.40 bits per heavy atom. The summed E-state index contributed by atoms with van der Waals surface area (Å²) in [6.07, 6.45) is 2.98. The zero-order chi connectivity index (χ0) is 20.9. The van der Waals surface area contributed by atoms with E-state index in [9.17, 15) is 4.79 Å². The summed E-state index contributed by atoms with van der Waals surface area (Å²) in [5.41, 5.74) is 2.99. The molecule has 2 heterocycles. The third-order valence-electron chi connectivity index (χ3n) is 5.53. The van der Waals surface area contributed by atoms with Crippen molar-refractivity contribution in [1.82, 2.24) is 19.6 Å². The summed E-state index contributed by atoms with van der Waals surface area (Å²) in [6.45, 7) is 6.57. The van der Waals surface area contributed by atoms with E-state index in [2.05, 4.69) is 11.8 Å². The molecule has 0 radical (unpaired) electrons. The van der Waals surface area contributed by atoms with Crippen LogP contribution in [-0.2, 0) is 0 Å². The standard InChI is InChI=1S/C24H28N4O2/c1-3-13-26-14-16-27(17-15-26)24(29)21-18-28(19-9-5-4-6-10-19)25-23(21)20-11-7-8-12-22(20)30-2/h4-12,18H,3,13-17H2,1-2H3. The molecule has 4 rings (SSSR count). The van der Waals surface area contributed by atoms with Crippen molar-refractivity contribution in [3.8, 4) is 22.7 Å². The lowest BCUT2D eigenvalue weighted by molar-refractivity contribution is 0.0638. The molecule has 0 bridgehead atoms. The predicted octanol–water partition coefficient (Wildman–Crippen LogP) is 3.72. The molecule has 1 saturated heterocycles. The molecule has 2 aromatic carbocycles. The lowest BCUT2D eigenvalue weighted by Gasteiger charge is -2.34. The highest BCUT2D eigenvalue weighted by atomic mass is 16.5. The highest BCUT2D eigenvalue weighted by molar-refractivity contribution is 6.00. The molecule has 0 saturated carbocycles. The maximum Gasteiger partial charge on any atom is 0.257 e. The number of aromatic nitrogens is 2. The van der Waals surface area contributed by atoms with Crippen molar-refractivity contribution in [2.75, 3.05) is 39.8 Å². The average Bonchev–Trinajstić information content (AvgIpc) is 3.25. The molecule has 0 aliphatic carbocycles. The molecule has 0 N–H and O–H groups in total. The monoisotopic (exact) mass is 404 g/mol. The van der Waals surface area contributed by atoms with E-state index >= 15 is 0 Å². The fraction of sp³-hybridized carbons (Fsp3) is 0.333. The Morgan fingerprint density at radius 1 is 1.00 bits per heavy atom. The van der Waals surface area contributed by atoms with Crippen LogP contribution in [0.25, 0.3) is 16.9 Å². The van der Waals surface area contributed by atoms with Gasteiger partial charge >= 0.3 is 0 Å². The smallest absolute Gasteiger partial charge is 0.257 e. The SMILES string of the molecule is CCCN1CCN(C(=O)c2cn(-c3ccccc3)nc2-c2ccccc2OC)CC1. The maximum atomic E-state index is 13.5. The number of rotatable bonds is 6. The first-order valence-corrected chi connectivity index (χ1v) is 10.5. The summed E-state index contributed by atoms with van der Waals surface area (Å²) < 4.78 is 7.34. The number of amides is 1. The summed E-state index contributed by atoms with van der Waals surface area (Å²) >= 11 is 0. The summed E-state index contributed by atoms with van der Waals surface area (Å²) in [4.78, 5) is 17.9. The van der Waals surface area contributed by atoms with Gasteiger partial charge in [-0.05, 0) is 37.2 Å². The first-order valence-electron chi connectivity index (χ1n) is 10.5. The van der Waals surface area contributed by atoms with Gasteiger partial charge in [-0.3, -0.25) is 9.69 Å². The number of carbonyl (C=O) groups is 1. The van der Waals surface area contributed by atoms with Gasteiger partial charge in [0, 0.05) is 37.9 Å². The van der Waals surface area contributed by atoms with E-state index in [1.54, 1.807) is 11.8 Å². The van der Waals surface area contributed by atoms with Crippen LogP contribution >= 0.6 is 0 Å². The van der Waals surface area contributed by atoms with Gasteiger partial charge in [-0.2, -0.15) is 5.10 Å². The van der Waals surface area contributed by atoms with Gasteiger partial charge in [0.25, 0.3) is 5.91 Å². The number of hydrogen-bond donors (Lipinski definition) is 0. The number of ether oxygens (including phenoxy) is 1. The molecule has 1 aliphatic heterocycles. The van der Waals surface area contributed by atoms with Crippen molar-refractivity contribution in [1.29, 1.82) is 0 Å². The van der Waals surface area contributed by atoms with Gasteiger partial charge in [0.1, 0.15) is 11.4 Å². The molecule has 1 aliphatic rings. The van der Waals surface area contributed by atoms with Crippen molar-refractivity contribution >= 4 is 5.91 Å². The van der Waals surface area contributed by atoms with E-state index in [0.29, 0.717) is 17.0 Å². The number of nitrogens with zero attached hydrogens (tertiary/aromatic N) is 4. The Kier molecular flexibility index (Phi) is 6.14. The van der Waals surface area contributed by atoms with Gasteiger partial charge in [-0.25, -0.2) is 4.68 Å². The normalized spacial score (nSPS) is 14.7. The van der Waals surface area contributed by atoms with E-state index in [0.717, 1.165) is 50.4 Å². The quantitative estimate of drug-likeness (QED) is 0.628. The van der Waals surface area contributed by atoms with E-state index in [1.807, 2.05) is 65.7 Å². The molecule has 6 nitrogen and oxygen atoms in total. The van der Waals surface area contributed by atoms with Gasteiger partial charge in [-0.15, -0.1) is 0 Å². The third kappa shape index (κ3) is 4.09. The molecule has 156 valence electrons. The second-order valence-corrected chi connectivity index (χ2v) is 7.51. The first kappa shape index (κ1) is 20.2. The third-order valence-corrected chi connectivity index (χ3v) is 5.53. The minimum absolute atomic E-state index is 0.0224. The van der Waals surface area contributed by atoms with E-state index in [4.69, 9.17) is 9.84 Å². The van der Waals surface area contributed by atoms with Crippen LogP contribution in [0.2, 0.25) is 0 Å². The Bertz CT molecular complexity index is 991. The lowest BCUT2D eigenvalue weighted by Crippen LogP contribution is -2.48. The molecule has 0 unspecified atom stereocenters. The minimum Gasteiger partial charge on any atom is -0.496 e. The van der Waals surface area contributed by atoms with Gasteiger partial charge in [0.15, 0.2) is 0 Å². The maximum absolute atomic E-state index is 13.5. The first-order chi connectivity index (χ1) is 14.7. The molecular weight excluding hydrogens is 376 g/mol. The van der Waals surface area contributed by atoms with Crippen LogP contribution in [0.1, 0.15) is 23.7 Å². The molecule has 1 fully saturated rings. The Morgan fingerprint density at radius 2 is 1.70 bits per heavy atom. The number of benzene rings is 2. The molecule has 0 atom stereocenters. The van der Waals surface area contributed by atoms with Crippen LogP contribution in [0.15, 0.2) is 60.8 Å².